The lowest BCUT2D eigenvalue weighted by Gasteiger charge is -2.08. The molecule has 1 aliphatic heterocycles. The second-order valence-electron chi connectivity index (χ2n) is 12.1. The third kappa shape index (κ3) is 9.87. The molecule has 0 aliphatic carbocycles. The summed E-state index contributed by atoms with van der Waals surface area (Å²) in [5, 5.41) is 13.8. The second kappa shape index (κ2) is 16.7. The number of benzene rings is 4. The number of carbonyl (C=O) groups excluding carboxylic acids is 1. The zero-order chi connectivity index (χ0) is 36.4. The smallest absolute Gasteiger partial charge is 0.339 e. The Morgan fingerprint density at radius 1 is 0.941 bits per heavy atom. The Kier molecular flexibility index (Phi) is 11.9. The number of carbonyl (C=O) groups is 2. The van der Waals surface area contributed by atoms with Crippen molar-refractivity contribution in [2.45, 2.75) is 17.9 Å². The van der Waals surface area contributed by atoms with Crippen LogP contribution in [0.3, 0.4) is 0 Å². The second-order valence-corrected chi connectivity index (χ2v) is 14.1. The Labute approximate surface area is 296 Å². The summed E-state index contributed by atoms with van der Waals surface area (Å²) in [5.41, 5.74) is 7.04. The van der Waals surface area contributed by atoms with Crippen molar-refractivity contribution in [1.29, 1.82) is 0 Å². The predicted octanol–water partition coefficient (Wildman–Crippen LogP) is 5.85. The van der Waals surface area contributed by atoms with Crippen molar-refractivity contribution in [3.8, 4) is 0 Å². The minimum Gasteiger partial charge on any atom is -0.478 e. The normalized spacial score (nSPS) is 12.6. The number of cyclic esters (lactones) is 1. The van der Waals surface area contributed by atoms with Crippen LogP contribution in [-0.2, 0) is 32.3 Å². The summed E-state index contributed by atoms with van der Waals surface area (Å²) in [4.78, 5) is 32.0. The molecule has 0 amide bonds. The Morgan fingerprint density at radius 2 is 1.63 bits per heavy atom. The molecule has 4 aromatic carbocycles. The molecule has 0 unspecified atom stereocenters. The lowest BCUT2D eigenvalue weighted by atomic mass is 9.97. The van der Waals surface area contributed by atoms with Crippen LogP contribution in [0.15, 0.2) is 127 Å². The van der Waals surface area contributed by atoms with Gasteiger partial charge < -0.3 is 19.7 Å². The Balaban J connectivity index is 0.000000161. The summed E-state index contributed by atoms with van der Waals surface area (Å²) in [6.07, 6.45) is 7.65. The van der Waals surface area contributed by atoms with Crippen LogP contribution in [0.4, 0.5) is 0 Å². The number of sulfone groups is 1. The maximum Gasteiger partial charge on any atom is 0.339 e. The number of carboxylic acids is 1. The fourth-order valence-corrected chi connectivity index (χ4v) is 6.02. The number of fused-ring (bicyclic) bond motifs is 1. The molecular formula is C39H39N5O6S. The molecule has 2 N–H and O–H groups in total. The quantitative estimate of drug-likeness (QED) is 0.177. The van der Waals surface area contributed by atoms with Crippen molar-refractivity contribution >= 4 is 43.8 Å². The van der Waals surface area contributed by atoms with Gasteiger partial charge in [0.1, 0.15) is 19.3 Å². The van der Waals surface area contributed by atoms with Crippen LogP contribution in [0.1, 0.15) is 32.6 Å². The number of aromatic carboxylic acids is 1. The van der Waals surface area contributed by atoms with E-state index in [1.165, 1.54) is 28.3 Å². The average Bonchev–Trinajstić information content (AvgIpc) is 3.89. The molecule has 0 bridgehead atoms. The fourth-order valence-electron chi connectivity index (χ4n) is 5.39. The topological polar surface area (TPSA) is 147 Å². The van der Waals surface area contributed by atoms with Crippen LogP contribution in [0.2, 0.25) is 0 Å². The molecule has 7 rings (SSSR count). The zero-order valence-corrected chi connectivity index (χ0v) is 29.4. The third-order valence-electron chi connectivity index (χ3n) is 8.04. The van der Waals surface area contributed by atoms with Gasteiger partial charge in [-0.3, -0.25) is 0 Å². The molecule has 3 heterocycles. The summed E-state index contributed by atoms with van der Waals surface area (Å²) < 4.78 is 30.0. The first-order valence-electron chi connectivity index (χ1n) is 16.1. The van der Waals surface area contributed by atoms with Crippen molar-refractivity contribution in [2.24, 2.45) is 0 Å². The summed E-state index contributed by atoms with van der Waals surface area (Å²) >= 11 is 0. The number of hydrogen-bond donors (Lipinski definition) is 2. The van der Waals surface area contributed by atoms with Gasteiger partial charge in [0, 0.05) is 35.5 Å². The standard InChI is InChI=1S/C17H14O4S.C15H19N5.C7H6O2/c1-22(19,20)14-9-7-12(8-10-14)15-11-21-17(18)16(15)13-5-3-2-4-6-13;1-19(2)6-5-13-8-17-15-4-3-12(7-14(13)15)9-20-11-16-10-18-20;8-7(9)6-4-2-1-3-5-6/h2-10H,11H2,1H3;3-4,7-8,10-11,17H,5-6,9H2,1-2H3;1-5H,(H,8,9). The monoisotopic (exact) mass is 705 g/mol. The largest absolute Gasteiger partial charge is 0.478 e. The highest BCUT2D eigenvalue weighted by Crippen LogP contribution is 2.33. The predicted molar refractivity (Wildman–Crippen MR) is 197 cm³/mol. The Hall–Kier alpha value is -5.85. The molecular weight excluding hydrogens is 667 g/mol. The summed E-state index contributed by atoms with van der Waals surface area (Å²) in [6.45, 7) is 2.01. The number of likely N-dealkylation sites (N-methyl/N-ethyl adjacent to an activating group) is 1. The van der Waals surface area contributed by atoms with Crippen LogP contribution >= 0.6 is 0 Å². The van der Waals surface area contributed by atoms with E-state index in [0.29, 0.717) is 11.1 Å². The van der Waals surface area contributed by atoms with E-state index in [2.05, 4.69) is 58.5 Å². The van der Waals surface area contributed by atoms with Crippen LogP contribution in [-0.4, -0.2) is 83.6 Å². The van der Waals surface area contributed by atoms with Crippen molar-refractivity contribution in [2.75, 3.05) is 33.5 Å². The number of rotatable bonds is 9. The van der Waals surface area contributed by atoms with E-state index in [0.717, 1.165) is 36.2 Å². The van der Waals surface area contributed by atoms with E-state index in [-0.39, 0.29) is 17.5 Å². The highest BCUT2D eigenvalue weighted by Gasteiger charge is 2.27. The van der Waals surface area contributed by atoms with E-state index in [9.17, 15) is 18.0 Å². The van der Waals surface area contributed by atoms with Crippen molar-refractivity contribution < 1.29 is 27.9 Å². The van der Waals surface area contributed by atoms with Gasteiger partial charge in [-0.15, -0.1) is 0 Å². The maximum atomic E-state index is 12.0. The molecule has 2 aromatic heterocycles. The molecule has 11 nitrogen and oxygen atoms in total. The van der Waals surface area contributed by atoms with Gasteiger partial charge in [0.05, 0.1) is 22.6 Å². The van der Waals surface area contributed by atoms with Crippen LogP contribution in [0, 0.1) is 0 Å². The number of hydrogen-bond acceptors (Lipinski definition) is 8. The molecule has 0 spiro atoms. The highest BCUT2D eigenvalue weighted by molar-refractivity contribution is 7.90. The molecule has 0 atom stereocenters. The average molecular weight is 706 g/mol. The Morgan fingerprint density at radius 3 is 2.22 bits per heavy atom. The summed E-state index contributed by atoms with van der Waals surface area (Å²) in [7, 11) is 0.971. The van der Waals surface area contributed by atoms with Crippen LogP contribution < -0.4 is 0 Å². The van der Waals surface area contributed by atoms with E-state index < -0.39 is 15.8 Å². The van der Waals surface area contributed by atoms with Gasteiger partial charge in [-0.25, -0.2) is 27.7 Å². The number of H-pyrrole nitrogens is 1. The molecule has 51 heavy (non-hydrogen) atoms. The van der Waals surface area contributed by atoms with Crippen molar-refractivity contribution in [3.05, 3.63) is 150 Å². The van der Waals surface area contributed by atoms with Gasteiger partial charge in [0.2, 0.25) is 0 Å². The highest BCUT2D eigenvalue weighted by atomic mass is 32.2. The van der Waals surface area contributed by atoms with E-state index in [4.69, 9.17) is 9.84 Å². The first-order chi connectivity index (χ1) is 24.5. The molecule has 0 saturated heterocycles. The molecule has 1 aliphatic rings. The summed E-state index contributed by atoms with van der Waals surface area (Å²) in [6, 6.07) is 30.6. The van der Waals surface area contributed by atoms with E-state index in [1.54, 1.807) is 67.3 Å². The molecule has 262 valence electrons. The first kappa shape index (κ1) is 36.4. The number of nitrogens with one attached hydrogen (secondary N) is 1. The third-order valence-corrected chi connectivity index (χ3v) is 9.17. The number of aromatic nitrogens is 4. The molecule has 6 aromatic rings. The lowest BCUT2D eigenvalue weighted by Crippen LogP contribution is -2.14. The van der Waals surface area contributed by atoms with Crippen LogP contribution in [0.5, 0.6) is 0 Å². The van der Waals surface area contributed by atoms with Gasteiger partial charge in [-0.2, -0.15) is 5.10 Å². The van der Waals surface area contributed by atoms with E-state index >= 15 is 0 Å². The fraction of sp³-hybridized carbons (Fsp3) is 0.179. The summed E-state index contributed by atoms with van der Waals surface area (Å²) in [5.74, 6) is -1.23. The molecule has 12 heteroatoms. The first-order valence-corrected chi connectivity index (χ1v) is 18.0. The number of aromatic amines is 1. The van der Waals surface area contributed by atoms with Gasteiger partial charge in [0.25, 0.3) is 0 Å². The number of nitrogens with zero attached hydrogens (tertiary/aromatic N) is 4. The minimum atomic E-state index is -3.23. The van der Waals surface area contributed by atoms with Gasteiger partial charge in [-0.1, -0.05) is 66.7 Å². The molecule has 0 saturated carbocycles. The number of esters is 1. The SMILES string of the molecule is CN(C)CCc1c[nH]c2ccc(Cn3cncn3)cc12.CS(=O)(=O)c1ccc(C2=C(c3ccccc3)C(=O)OC2)cc1.O=C(O)c1ccccc1. The van der Waals surface area contributed by atoms with Crippen LogP contribution in [0.25, 0.3) is 22.0 Å². The molecule has 0 radical (unpaired) electrons. The van der Waals surface area contributed by atoms with Gasteiger partial charge >= 0.3 is 11.9 Å². The van der Waals surface area contributed by atoms with Crippen molar-refractivity contribution in [3.63, 3.8) is 0 Å². The zero-order valence-electron chi connectivity index (χ0n) is 28.6. The van der Waals surface area contributed by atoms with Gasteiger partial charge in [0.15, 0.2) is 9.84 Å². The lowest BCUT2D eigenvalue weighted by molar-refractivity contribution is -0.133. The Bertz CT molecular complexity index is 2210. The molecule has 0 fully saturated rings. The number of carboxylic acid groups (broad SMARTS) is 1. The minimum absolute atomic E-state index is 0.196. The number of ether oxygens (including phenoxy) is 1. The van der Waals surface area contributed by atoms with E-state index in [1.807, 2.05) is 35.0 Å². The maximum absolute atomic E-state index is 12.0. The van der Waals surface area contributed by atoms with Crippen molar-refractivity contribution in [1.82, 2.24) is 24.6 Å². The van der Waals surface area contributed by atoms with Gasteiger partial charge in [-0.05, 0) is 79.2 Å².